The van der Waals surface area contributed by atoms with Gasteiger partial charge in [0.15, 0.2) is 5.16 Å². The van der Waals surface area contributed by atoms with Gasteiger partial charge in [0.1, 0.15) is 11.6 Å². The molecule has 7 heteroatoms. The van der Waals surface area contributed by atoms with Gasteiger partial charge in [-0.25, -0.2) is 15.8 Å². The number of hydrogen-bond acceptors (Lipinski definition) is 7. The van der Waals surface area contributed by atoms with Crippen LogP contribution < -0.4 is 16.6 Å². The van der Waals surface area contributed by atoms with Gasteiger partial charge in [0, 0.05) is 19.2 Å². The highest BCUT2D eigenvalue weighted by Gasteiger charge is 2.09. The fourth-order valence-corrected chi connectivity index (χ4v) is 2.25. The molecule has 108 valence electrons. The third-order valence-corrected chi connectivity index (χ3v) is 3.39. The van der Waals surface area contributed by atoms with E-state index in [1.807, 2.05) is 6.26 Å². The Morgan fingerprint density at radius 1 is 1.37 bits per heavy atom. The van der Waals surface area contributed by atoms with Crippen molar-refractivity contribution in [3.05, 3.63) is 6.07 Å². The minimum absolute atomic E-state index is 0.224. The van der Waals surface area contributed by atoms with Gasteiger partial charge in [-0.2, -0.15) is 0 Å². The van der Waals surface area contributed by atoms with Crippen LogP contribution in [-0.2, 0) is 0 Å². The van der Waals surface area contributed by atoms with E-state index in [1.165, 1.54) is 11.8 Å². The number of hydrogen-bond donors (Lipinski definition) is 4. The van der Waals surface area contributed by atoms with Gasteiger partial charge in [-0.05, 0) is 25.0 Å². The Morgan fingerprint density at radius 2 is 2.11 bits per heavy atom. The van der Waals surface area contributed by atoms with Crippen molar-refractivity contribution in [2.75, 3.05) is 30.1 Å². The third kappa shape index (κ3) is 5.63. The van der Waals surface area contributed by atoms with Crippen LogP contribution in [0.15, 0.2) is 11.2 Å². The van der Waals surface area contributed by atoms with E-state index in [-0.39, 0.29) is 6.61 Å². The summed E-state index contributed by atoms with van der Waals surface area (Å²) in [6, 6.07) is 1.78. The maximum absolute atomic E-state index is 9.04. The maximum Gasteiger partial charge on any atom is 0.191 e. The SMILES string of the molecule is CCCC(CCO)CNc1cc(NN)nc(SC)n1. The average Bonchev–Trinajstić information content (AvgIpc) is 2.44. The van der Waals surface area contributed by atoms with Crippen LogP contribution in [0, 0.1) is 5.92 Å². The molecule has 19 heavy (non-hydrogen) atoms. The Balaban J connectivity index is 2.64. The van der Waals surface area contributed by atoms with Crippen LogP contribution in [-0.4, -0.2) is 34.5 Å². The summed E-state index contributed by atoms with van der Waals surface area (Å²) in [4.78, 5) is 8.58. The normalized spacial score (nSPS) is 12.2. The lowest BCUT2D eigenvalue weighted by molar-refractivity contribution is 0.255. The molecule has 1 aromatic rings. The molecule has 0 spiro atoms. The minimum Gasteiger partial charge on any atom is -0.396 e. The first-order chi connectivity index (χ1) is 9.23. The summed E-state index contributed by atoms with van der Waals surface area (Å²) < 4.78 is 0. The van der Waals surface area contributed by atoms with E-state index in [2.05, 4.69) is 27.6 Å². The lowest BCUT2D eigenvalue weighted by Crippen LogP contribution is -2.17. The summed E-state index contributed by atoms with van der Waals surface area (Å²) in [5.41, 5.74) is 2.54. The predicted octanol–water partition coefficient (Wildman–Crippen LogP) is 1.69. The van der Waals surface area contributed by atoms with Gasteiger partial charge in [0.2, 0.25) is 0 Å². The van der Waals surface area contributed by atoms with Crippen LogP contribution in [0.1, 0.15) is 26.2 Å². The van der Waals surface area contributed by atoms with Crippen LogP contribution in [0.4, 0.5) is 11.6 Å². The molecule has 0 saturated heterocycles. The van der Waals surface area contributed by atoms with E-state index in [4.69, 9.17) is 10.9 Å². The van der Waals surface area contributed by atoms with Crippen molar-refractivity contribution in [1.29, 1.82) is 0 Å². The summed E-state index contributed by atoms with van der Waals surface area (Å²) in [5.74, 6) is 7.19. The topological polar surface area (TPSA) is 96.1 Å². The first-order valence-corrected chi connectivity index (χ1v) is 7.70. The number of aliphatic hydroxyl groups is 1. The standard InChI is InChI=1S/C12H23N5OS/c1-3-4-9(5-6-18)8-14-10-7-11(17-13)16-12(15-10)19-2/h7,9,18H,3-6,8,13H2,1-2H3,(H2,14,15,16,17). The quantitative estimate of drug-likeness (QED) is 0.237. The Hall–Kier alpha value is -1.05. The second-order valence-electron chi connectivity index (χ2n) is 4.32. The van der Waals surface area contributed by atoms with Crippen LogP contribution in [0.25, 0.3) is 0 Å². The van der Waals surface area contributed by atoms with Gasteiger partial charge < -0.3 is 15.8 Å². The predicted molar refractivity (Wildman–Crippen MR) is 80.2 cm³/mol. The molecule has 1 unspecified atom stereocenters. The van der Waals surface area contributed by atoms with Crippen molar-refractivity contribution in [1.82, 2.24) is 9.97 Å². The number of hydrazine groups is 1. The molecule has 0 aliphatic heterocycles. The Labute approximate surface area is 118 Å². The van der Waals surface area contributed by atoms with Crippen molar-refractivity contribution in [3.8, 4) is 0 Å². The molecule has 0 amide bonds. The van der Waals surface area contributed by atoms with Gasteiger partial charge >= 0.3 is 0 Å². The summed E-state index contributed by atoms with van der Waals surface area (Å²) in [5, 5.41) is 13.0. The van der Waals surface area contributed by atoms with Crippen molar-refractivity contribution in [3.63, 3.8) is 0 Å². The number of nitrogens with one attached hydrogen (secondary N) is 2. The van der Waals surface area contributed by atoms with Crippen LogP contribution in [0.5, 0.6) is 0 Å². The van der Waals surface area contributed by atoms with Gasteiger partial charge in [0.25, 0.3) is 0 Å². The molecule has 0 radical (unpaired) electrons. The van der Waals surface area contributed by atoms with E-state index in [9.17, 15) is 0 Å². The number of aliphatic hydroxyl groups excluding tert-OH is 1. The minimum atomic E-state index is 0.224. The second-order valence-corrected chi connectivity index (χ2v) is 5.09. The van der Waals surface area contributed by atoms with Crippen molar-refractivity contribution in [2.24, 2.45) is 11.8 Å². The first-order valence-electron chi connectivity index (χ1n) is 6.47. The first kappa shape index (κ1) is 16.0. The van der Waals surface area contributed by atoms with Crippen LogP contribution in [0.3, 0.4) is 0 Å². The van der Waals surface area contributed by atoms with E-state index < -0.39 is 0 Å². The van der Waals surface area contributed by atoms with E-state index in [0.717, 1.165) is 31.6 Å². The molecule has 1 aromatic heterocycles. The summed E-state index contributed by atoms with van der Waals surface area (Å²) in [6.45, 7) is 3.17. The fourth-order valence-electron chi connectivity index (χ4n) is 1.87. The highest BCUT2D eigenvalue weighted by atomic mass is 32.2. The summed E-state index contributed by atoms with van der Waals surface area (Å²) >= 11 is 1.47. The van der Waals surface area contributed by atoms with E-state index in [1.54, 1.807) is 6.07 Å². The van der Waals surface area contributed by atoms with Crippen molar-refractivity contribution in [2.45, 2.75) is 31.3 Å². The molecule has 6 nitrogen and oxygen atoms in total. The largest absolute Gasteiger partial charge is 0.396 e. The van der Waals surface area contributed by atoms with Crippen LogP contribution in [0.2, 0.25) is 0 Å². The fraction of sp³-hybridized carbons (Fsp3) is 0.667. The number of nitrogens with two attached hydrogens (primary N) is 1. The summed E-state index contributed by atoms with van der Waals surface area (Å²) in [6.07, 6.45) is 4.94. The number of nitrogen functional groups attached to an aromatic ring is 1. The molecule has 0 saturated carbocycles. The number of anilines is 2. The monoisotopic (exact) mass is 285 g/mol. The van der Waals surface area contributed by atoms with Gasteiger partial charge in [-0.15, -0.1) is 0 Å². The number of thioether (sulfide) groups is 1. The second kappa shape index (κ2) is 8.95. The zero-order valence-electron chi connectivity index (χ0n) is 11.5. The van der Waals surface area contributed by atoms with Gasteiger partial charge in [0.05, 0.1) is 0 Å². The molecular weight excluding hydrogens is 262 g/mol. The molecule has 0 aliphatic rings. The highest BCUT2D eigenvalue weighted by Crippen LogP contribution is 2.18. The molecular formula is C12H23N5OS. The van der Waals surface area contributed by atoms with Gasteiger partial charge in [-0.1, -0.05) is 25.1 Å². The lowest BCUT2D eigenvalue weighted by Gasteiger charge is -2.16. The number of aromatic nitrogens is 2. The molecule has 1 rings (SSSR count). The number of rotatable bonds is 9. The molecule has 0 aromatic carbocycles. The third-order valence-electron chi connectivity index (χ3n) is 2.84. The molecule has 0 bridgehead atoms. The average molecular weight is 285 g/mol. The Kier molecular flexibility index (Phi) is 7.54. The zero-order chi connectivity index (χ0) is 14.1. The molecule has 1 atom stereocenters. The zero-order valence-corrected chi connectivity index (χ0v) is 12.3. The van der Waals surface area contributed by atoms with Crippen molar-refractivity contribution < 1.29 is 5.11 Å². The maximum atomic E-state index is 9.04. The molecule has 0 aliphatic carbocycles. The van der Waals surface area contributed by atoms with E-state index in [0.29, 0.717) is 16.9 Å². The molecule has 1 heterocycles. The smallest absolute Gasteiger partial charge is 0.191 e. The Bertz CT molecular complexity index is 349. The van der Waals surface area contributed by atoms with Gasteiger partial charge in [-0.3, -0.25) is 0 Å². The summed E-state index contributed by atoms with van der Waals surface area (Å²) in [7, 11) is 0. The van der Waals surface area contributed by atoms with Crippen LogP contribution >= 0.6 is 11.8 Å². The lowest BCUT2D eigenvalue weighted by atomic mass is 10.0. The highest BCUT2D eigenvalue weighted by molar-refractivity contribution is 7.98. The van der Waals surface area contributed by atoms with Crippen molar-refractivity contribution >= 4 is 23.4 Å². The number of nitrogens with zero attached hydrogens (tertiary/aromatic N) is 2. The Morgan fingerprint density at radius 3 is 2.68 bits per heavy atom. The van der Waals surface area contributed by atoms with E-state index >= 15 is 0 Å². The molecule has 0 fully saturated rings. The molecule has 5 N–H and O–H groups in total.